The van der Waals surface area contributed by atoms with Gasteiger partial charge in [-0.05, 0) is 63.7 Å². The highest BCUT2D eigenvalue weighted by atomic mass is 16.6. The van der Waals surface area contributed by atoms with Crippen LogP contribution < -0.4 is 0 Å². The van der Waals surface area contributed by atoms with Crippen molar-refractivity contribution in [3.63, 3.8) is 0 Å². The number of aliphatic hydroxyl groups is 2. The Hall–Kier alpha value is -2.18. The molecule has 41 heavy (non-hydrogen) atoms. The number of carbonyl (C=O) groups excluding carboxylic acids is 2. The molecule has 0 aliphatic heterocycles. The fourth-order valence-corrected chi connectivity index (χ4v) is 4.01. The second-order valence-electron chi connectivity index (χ2n) is 11.2. The van der Waals surface area contributed by atoms with Gasteiger partial charge < -0.3 is 19.7 Å². The van der Waals surface area contributed by atoms with E-state index in [1.807, 2.05) is 6.92 Å². The van der Waals surface area contributed by atoms with Crippen LogP contribution in [-0.2, 0) is 19.1 Å². The van der Waals surface area contributed by atoms with Crippen molar-refractivity contribution >= 4 is 11.9 Å². The number of hydrogen-bond acceptors (Lipinski definition) is 6. The quantitative estimate of drug-likeness (QED) is 0.0580. The van der Waals surface area contributed by atoms with E-state index in [1.165, 1.54) is 25.7 Å². The SMILES string of the molecule is CC[C@H](O)CC/C=C\C/C=C\C/C=C\C/C=C\CCCC(=O)OC[C@H](O)COC(=O)CCCCCCCCC(C)C. The van der Waals surface area contributed by atoms with Gasteiger partial charge in [0.2, 0.25) is 0 Å². The largest absolute Gasteiger partial charge is 0.463 e. The Labute approximate surface area is 251 Å². The molecule has 0 fully saturated rings. The molecule has 6 nitrogen and oxygen atoms in total. The van der Waals surface area contributed by atoms with Crippen LogP contribution in [0.4, 0.5) is 0 Å². The lowest BCUT2D eigenvalue weighted by Gasteiger charge is -2.12. The normalized spacial score (nSPS) is 13.7. The van der Waals surface area contributed by atoms with Crippen LogP contribution in [0.1, 0.15) is 130 Å². The summed E-state index contributed by atoms with van der Waals surface area (Å²) in [5.41, 5.74) is 0. The number of esters is 2. The lowest BCUT2D eigenvalue weighted by atomic mass is 10.0. The molecule has 0 aliphatic rings. The first-order valence-electron chi connectivity index (χ1n) is 16.1. The minimum Gasteiger partial charge on any atom is -0.463 e. The number of rotatable bonds is 27. The zero-order chi connectivity index (χ0) is 30.4. The summed E-state index contributed by atoms with van der Waals surface area (Å²) in [5.74, 6) is 0.111. The number of hydrogen-bond donors (Lipinski definition) is 2. The van der Waals surface area contributed by atoms with Crippen LogP contribution in [0.5, 0.6) is 0 Å². The maximum absolute atomic E-state index is 11.9. The van der Waals surface area contributed by atoms with Crippen molar-refractivity contribution in [1.29, 1.82) is 0 Å². The molecule has 0 rings (SSSR count). The zero-order valence-corrected chi connectivity index (χ0v) is 26.3. The van der Waals surface area contributed by atoms with Gasteiger partial charge in [0.1, 0.15) is 19.3 Å². The molecular weight excluding hydrogens is 516 g/mol. The van der Waals surface area contributed by atoms with Crippen LogP contribution in [-0.4, -0.2) is 47.6 Å². The molecule has 236 valence electrons. The van der Waals surface area contributed by atoms with E-state index >= 15 is 0 Å². The van der Waals surface area contributed by atoms with E-state index in [1.54, 1.807) is 0 Å². The fraction of sp³-hybridized carbons (Fsp3) is 0.714. The van der Waals surface area contributed by atoms with E-state index in [0.29, 0.717) is 19.3 Å². The van der Waals surface area contributed by atoms with Gasteiger partial charge in [-0.1, -0.05) is 108 Å². The molecule has 0 aromatic carbocycles. The summed E-state index contributed by atoms with van der Waals surface area (Å²) in [4.78, 5) is 23.7. The van der Waals surface area contributed by atoms with Crippen molar-refractivity contribution in [1.82, 2.24) is 0 Å². The number of carbonyl (C=O) groups is 2. The van der Waals surface area contributed by atoms with Gasteiger partial charge in [0.15, 0.2) is 0 Å². The summed E-state index contributed by atoms with van der Waals surface area (Å²) in [6.45, 7) is 6.20. The molecule has 0 aromatic rings. The molecule has 2 N–H and O–H groups in total. The molecule has 6 heteroatoms. The van der Waals surface area contributed by atoms with Crippen molar-refractivity contribution in [2.24, 2.45) is 5.92 Å². The highest BCUT2D eigenvalue weighted by molar-refractivity contribution is 5.69. The zero-order valence-electron chi connectivity index (χ0n) is 26.3. The number of unbranched alkanes of at least 4 members (excludes halogenated alkanes) is 6. The van der Waals surface area contributed by atoms with Crippen LogP contribution in [0.3, 0.4) is 0 Å². The molecule has 0 aromatic heterocycles. The van der Waals surface area contributed by atoms with E-state index in [9.17, 15) is 19.8 Å². The van der Waals surface area contributed by atoms with Gasteiger partial charge in [0.25, 0.3) is 0 Å². The molecule has 0 saturated heterocycles. The summed E-state index contributed by atoms with van der Waals surface area (Å²) in [6, 6.07) is 0. The first-order valence-corrected chi connectivity index (χ1v) is 16.1. The maximum atomic E-state index is 11.9. The Morgan fingerprint density at radius 1 is 0.585 bits per heavy atom. The van der Waals surface area contributed by atoms with Crippen LogP contribution in [0, 0.1) is 5.92 Å². The molecule has 0 amide bonds. The van der Waals surface area contributed by atoms with Gasteiger partial charge in [-0.25, -0.2) is 0 Å². The minimum atomic E-state index is -0.993. The van der Waals surface area contributed by atoms with Gasteiger partial charge in [-0.15, -0.1) is 0 Å². The summed E-state index contributed by atoms with van der Waals surface area (Å²) in [7, 11) is 0. The Kier molecular flexibility index (Phi) is 27.8. The molecular formula is C35H60O6. The van der Waals surface area contributed by atoms with Gasteiger partial charge in [-0.3, -0.25) is 9.59 Å². The smallest absolute Gasteiger partial charge is 0.305 e. The van der Waals surface area contributed by atoms with Crippen molar-refractivity contribution in [3.8, 4) is 0 Å². The number of ether oxygens (including phenoxy) is 2. The van der Waals surface area contributed by atoms with Crippen LogP contribution in [0.2, 0.25) is 0 Å². The van der Waals surface area contributed by atoms with Crippen molar-refractivity contribution in [2.75, 3.05) is 13.2 Å². The Morgan fingerprint density at radius 3 is 1.59 bits per heavy atom. The predicted octanol–water partition coefficient (Wildman–Crippen LogP) is 8.33. The topological polar surface area (TPSA) is 93.1 Å². The lowest BCUT2D eigenvalue weighted by Crippen LogP contribution is -2.25. The molecule has 0 radical (unpaired) electrons. The third-order valence-corrected chi connectivity index (χ3v) is 6.66. The molecule has 0 heterocycles. The maximum Gasteiger partial charge on any atom is 0.305 e. The second-order valence-corrected chi connectivity index (χ2v) is 11.2. The summed E-state index contributed by atoms with van der Waals surface area (Å²) >= 11 is 0. The van der Waals surface area contributed by atoms with Crippen molar-refractivity contribution in [2.45, 2.75) is 142 Å². The first-order chi connectivity index (χ1) is 19.8. The monoisotopic (exact) mass is 576 g/mol. The summed E-state index contributed by atoms with van der Waals surface area (Å²) < 4.78 is 10.2. The van der Waals surface area contributed by atoms with Crippen molar-refractivity contribution < 1.29 is 29.3 Å². The average Bonchev–Trinajstić information content (AvgIpc) is 2.95. The van der Waals surface area contributed by atoms with E-state index in [-0.39, 0.29) is 31.3 Å². The molecule has 0 aliphatic carbocycles. The molecule has 0 unspecified atom stereocenters. The van der Waals surface area contributed by atoms with Gasteiger partial charge in [0.05, 0.1) is 6.10 Å². The molecule has 0 saturated carbocycles. The van der Waals surface area contributed by atoms with E-state index < -0.39 is 6.10 Å². The molecule has 2 atom stereocenters. The van der Waals surface area contributed by atoms with E-state index in [2.05, 4.69) is 62.5 Å². The number of allylic oxidation sites excluding steroid dienone is 8. The van der Waals surface area contributed by atoms with E-state index in [0.717, 1.165) is 70.1 Å². The van der Waals surface area contributed by atoms with Crippen LogP contribution in [0.25, 0.3) is 0 Å². The average molecular weight is 577 g/mol. The predicted molar refractivity (Wildman–Crippen MR) is 169 cm³/mol. The Bertz CT molecular complexity index is 737. The van der Waals surface area contributed by atoms with Crippen LogP contribution in [0.15, 0.2) is 48.6 Å². The van der Waals surface area contributed by atoms with Crippen LogP contribution >= 0.6 is 0 Å². The highest BCUT2D eigenvalue weighted by Crippen LogP contribution is 2.12. The van der Waals surface area contributed by atoms with E-state index in [4.69, 9.17) is 9.47 Å². The lowest BCUT2D eigenvalue weighted by molar-refractivity contribution is -0.152. The molecule has 0 bridgehead atoms. The summed E-state index contributed by atoms with van der Waals surface area (Å²) in [5, 5.41) is 19.4. The second kappa shape index (κ2) is 29.3. The van der Waals surface area contributed by atoms with Crippen molar-refractivity contribution in [3.05, 3.63) is 48.6 Å². The fourth-order valence-electron chi connectivity index (χ4n) is 4.01. The summed E-state index contributed by atoms with van der Waals surface area (Å²) in [6.07, 6.45) is 31.2. The Morgan fingerprint density at radius 2 is 1.05 bits per heavy atom. The Balaban J connectivity index is 3.62. The number of aliphatic hydroxyl groups excluding tert-OH is 2. The third-order valence-electron chi connectivity index (χ3n) is 6.66. The first kappa shape index (κ1) is 38.8. The standard InChI is InChI=1S/C35H60O6/c1-4-32(36)26-22-18-13-11-9-7-5-6-8-10-12-14-19-23-27-34(38)40-29-33(37)30-41-35(39)28-24-20-16-15-17-21-25-31(2)3/h6-9,12-14,18,31-33,36-37H,4-5,10-11,15-17,19-30H2,1-3H3/b8-6-,9-7-,14-12-,18-13-/t32-,33-/m0/s1. The van der Waals surface area contributed by atoms with Gasteiger partial charge in [0, 0.05) is 12.8 Å². The van der Waals surface area contributed by atoms with Gasteiger partial charge >= 0.3 is 11.9 Å². The van der Waals surface area contributed by atoms with Gasteiger partial charge in [-0.2, -0.15) is 0 Å². The highest BCUT2D eigenvalue weighted by Gasteiger charge is 2.12. The molecule has 0 spiro atoms. The minimum absolute atomic E-state index is 0.144. The third kappa shape index (κ3) is 30.6.